The molecule has 29 heavy (non-hydrogen) atoms. The van der Waals surface area contributed by atoms with Crippen LogP contribution in [0.25, 0.3) is 0 Å². The number of aromatic nitrogens is 1. The normalized spacial score (nSPS) is 12.8. The number of carbonyl (C=O) groups excluding carboxylic acids is 2. The van der Waals surface area contributed by atoms with Crippen LogP contribution in [0.4, 0.5) is 21.5 Å². The topological polar surface area (TPSA) is 83.6 Å². The highest BCUT2D eigenvalue weighted by Gasteiger charge is 2.20. The lowest BCUT2D eigenvalue weighted by molar-refractivity contribution is -0.115. The van der Waals surface area contributed by atoms with Crippen molar-refractivity contribution < 1.29 is 18.7 Å². The Labute approximate surface area is 166 Å². The second kappa shape index (κ2) is 7.59. The molecule has 3 aromatic rings. The molecular weight excluding hydrogens is 375 g/mol. The van der Waals surface area contributed by atoms with Crippen molar-refractivity contribution in [2.24, 2.45) is 0 Å². The van der Waals surface area contributed by atoms with Crippen LogP contribution in [0, 0.1) is 5.82 Å². The maximum Gasteiger partial charge on any atom is 0.255 e. The van der Waals surface area contributed by atoms with Crippen molar-refractivity contribution in [3.05, 3.63) is 72.2 Å². The van der Waals surface area contributed by atoms with Gasteiger partial charge in [0.05, 0.1) is 29.8 Å². The third-order valence-electron chi connectivity index (χ3n) is 4.36. The number of pyridine rings is 1. The lowest BCUT2D eigenvalue weighted by atomic mass is 10.1. The summed E-state index contributed by atoms with van der Waals surface area (Å²) < 4.78 is 18.5. The number of benzene rings is 2. The predicted octanol–water partition coefficient (Wildman–Crippen LogP) is 3.65. The van der Waals surface area contributed by atoms with Crippen molar-refractivity contribution in [2.75, 3.05) is 29.1 Å². The summed E-state index contributed by atoms with van der Waals surface area (Å²) in [4.78, 5) is 30.2. The maximum absolute atomic E-state index is 12.9. The molecule has 0 aliphatic carbocycles. The number of nitrogens with zero attached hydrogens (tertiary/aromatic N) is 2. The van der Waals surface area contributed by atoms with Gasteiger partial charge < -0.3 is 20.3 Å². The van der Waals surface area contributed by atoms with Gasteiger partial charge in [0, 0.05) is 18.7 Å². The number of amides is 2. The monoisotopic (exact) mass is 392 g/mol. The molecule has 0 atom stereocenters. The van der Waals surface area contributed by atoms with Crippen LogP contribution in [0.2, 0.25) is 0 Å². The van der Waals surface area contributed by atoms with E-state index < -0.39 is 0 Å². The Hall–Kier alpha value is -3.94. The molecule has 1 aliphatic heterocycles. The van der Waals surface area contributed by atoms with Gasteiger partial charge in [-0.2, -0.15) is 0 Å². The first-order chi connectivity index (χ1) is 14.0. The number of rotatable bonds is 4. The molecular formula is C21H17FN4O3. The Morgan fingerprint density at radius 2 is 1.97 bits per heavy atom. The van der Waals surface area contributed by atoms with Crippen LogP contribution in [0.3, 0.4) is 0 Å². The Kier molecular flexibility index (Phi) is 4.82. The van der Waals surface area contributed by atoms with Gasteiger partial charge in [-0.1, -0.05) is 0 Å². The van der Waals surface area contributed by atoms with Crippen molar-refractivity contribution in [1.82, 2.24) is 4.98 Å². The molecule has 7 nitrogen and oxygen atoms in total. The number of halogens is 1. The van der Waals surface area contributed by atoms with Gasteiger partial charge in [0.1, 0.15) is 11.6 Å². The molecule has 1 aromatic heterocycles. The van der Waals surface area contributed by atoms with E-state index >= 15 is 0 Å². The summed E-state index contributed by atoms with van der Waals surface area (Å²) in [5, 5.41) is 5.52. The molecule has 0 unspecified atom stereocenters. The fraction of sp³-hybridized carbons (Fsp3) is 0.0952. The molecule has 2 amide bonds. The average molecular weight is 392 g/mol. The fourth-order valence-electron chi connectivity index (χ4n) is 2.94. The molecule has 2 N–H and O–H groups in total. The second-order valence-electron chi connectivity index (χ2n) is 6.53. The van der Waals surface area contributed by atoms with Crippen molar-refractivity contribution in [3.8, 4) is 11.6 Å². The van der Waals surface area contributed by atoms with Crippen molar-refractivity contribution in [1.29, 1.82) is 0 Å². The van der Waals surface area contributed by atoms with E-state index in [-0.39, 0.29) is 24.2 Å². The predicted molar refractivity (Wildman–Crippen MR) is 107 cm³/mol. The first kappa shape index (κ1) is 18.4. The van der Waals surface area contributed by atoms with E-state index in [2.05, 4.69) is 15.6 Å². The summed E-state index contributed by atoms with van der Waals surface area (Å²) >= 11 is 0. The molecule has 1 aliphatic rings. The number of hydrogen-bond donors (Lipinski definition) is 2. The van der Waals surface area contributed by atoms with Crippen LogP contribution in [-0.4, -0.2) is 30.4 Å². The summed E-state index contributed by atoms with van der Waals surface area (Å²) in [6, 6.07) is 14.0. The fourth-order valence-corrected chi connectivity index (χ4v) is 2.94. The smallest absolute Gasteiger partial charge is 0.255 e. The molecule has 0 fully saturated rings. The average Bonchev–Trinajstić information content (AvgIpc) is 2.70. The van der Waals surface area contributed by atoms with Gasteiger partial charge in [-0.15, -0.1) is 0 Å². The van der Waals surface area contributed by atoms with Gasteiger partial charge in [0.25, 0.3) is 5.91 Å². The highest BCUT2D eigenvalue weighted by molar-refractivity contribution is 6.07. The quantitative estimate of drug-likeness (QED) is 0.708. The molecule has 0 spiro atoms. The number of likely N-dealkylation sites (N-methyl/N-ethyl adjacent to an activating group) is 1. The molecule has 2 aromatic carbocycles. The van der Waals surface area contributed by atoms with Crippen LogP contribution in [0.15, 0.2) is 60.8 Å². The van der Waals surface area contributed by atoms with E-state index in [1.807, 2.05) is 11.9 Å². The second-order valence-corrected chi connectivity index (χ2v) is 6.53. The Morgan fingerprint density at radius 3 is 2.69 bits per heavy atom. The van der Waals surface area contributed by atoms with E-state index in [9.17, 15) is 14.0 Å². The highest BCUT2D eigenvalue weighted by Crippen LogP contribution is 2.29. The zero-order valence-corrected chi connectivity index (χ0v) is 15.5. The number of hydrogen-bond acceptors (Lipinski definition) is 5. The first-order valence-corrected chi connectivity index (χ1v) is 8.84. The minimum absolute atomic E-state index is 0.126. The van der Waals surface area contributed by atoms with E-state index in [4.69, 9.17) is 4.74 Å². The van der Waals surface area contributed by atoms with E-state index in [0.29, 0.717) is 28.6 Å². The zero-order valence-electron chi connectivity index (χ0n) is 15.5. The third-order valence-corrected chi connectivity index (χ3v) is 4.36. The van der Waals surface area contributed by atoms with E-state index in [0.717, 1.165) is 5.69 Å². The number of carbonyl (C=O) groups is 2. The van der Waals surface area contributed by atoms with Gasteiger partial charge >= 0.3 is 0 Å². The van der Waals surface area contributed by atoms with Crippen LogP contribution in [0.5, 0.6) is 11.6 Å². The van der Waals surface area contributed by atoms with Crippen molar-refractivity contribution in [3.63, 3.8) is 0 Å². The van der Waals surface area contributed by atoms with E-state index in [1.165, 1.54) is 30.5 Å². The highest BCUT2D eigenvalue weighted by atomic mass is 19.1. The summed E-state index contributed by atoms with van der Waals surface area (Å²) in [7, 11) is 1.82. The van der Waals surface area contributed by atoms with Crippen LogP contribution in [0.1, 0.15) is 10.4 Å². The molecule has 146 valence electrons. The Bertz CT molecular complexity index is 1070. The Morgan fingerprint density at radius 1 is 1.17 bits per heavy atom. The van der Waals surface area contributed by atoms with Gasteiger partial charge in [0.15, 0.2) is 0 Å². The molecule has 0 saturated carbocycles. The van der Waals surface area contributed by atoms with Crippen LogP contribution >= 0.6 is 0 Å². The first-order valence-electron chi connectivity index (χ1n) is 8.84. The lowest BCUT2D eigenvalue weighted by Crippen LogP contribution is -2.35. The molecule has 0 bridgehead atoms. The van der Waals surface area contributed by atoms with Crippen LogP contribution < -0.4 is 20.3 Å². The Balaban J connectivity index is 1.44. The molecule has 0 radical (unpaired) electrons. The number of nitrogens with one attached hydrogen (secondary N) is 2. The summed E-state index contributed by atoms with van der Waals surface area (Å²) in [5.41, 5.74) is 2.34. The lowest BCUT2D eigenvalue weighted by Gasteiger charge is -2.27. The third kappa shape index (κ3) is 4.16. The maximum atomic E-state index is 12.9. The molecule has 0 saturated heterocycles. The molecule has 2 heterocycles. The summed E-state index contributed by atoms with van der Waals surface area (Å²) in [5.74, 6) is -0.0366. The number of ether oxygens (including phenoxy) is 1. The standard InChI is InChI=1S/C21H17FN4O3/c1-26-12-19(27)25-17-10-13(2-8-18(17)26)21(28)24-15-5-9-20(23-11-15)29-16-6-3-14(22)4-7-16/h2-11H,12H2,1H3,(H,24,28)(H,25,27). The van der Waals surface area contributed by atoms with E-state index in [1.54, 1.807) is 30.3 Å². The number of fused-ring (bicyclic) bond motifs is 1. The van der Waals surface area contributed by atoms with Crippen molar-refractivity contribution in [2.45, 2.75) is 0 Å². The summed E-state index contributed by atoms with van der Waals surface area (Å²) in [6.07, 6.45) is 1.46. The van der Waals surface area contributed by atoms with Gasteiger partial charge in [-0.25, -0.2) is 9.37 Å². The molecule has 4 rings (SSSR count). The van der Waals surface area contributed by atoms with Crippen LogP contribution in [-0.2, 0) is 4.79 Å². The van der Waals surface area contributed by atoms with Gasteiger partial charge in [0.2, 0.25) is 11.8 Å². The number of anilines is 3. The van der Waals surface area contributed by atoms with Gasteiger partial charge in [-0.3, -0.25) is 9.59 Å². The van der Waals surface area contributed by atoms with Crippen molar-refractivity contribution >= 4 is 28.9 Å². The van der Waals surface area contributed by atoms with Gasteiger partial charge in [-0.05, 0) is 48.5 Å². The zero-order chi connectivity index (χ0) is 20.4. The minimum Gasteiger partial charge on any atom is -0.439 e. The largest absolute Gasteiger partial charge is 0.439 e. The minimum atomic E-state index is -0.350. The molecule has 8 heteroatoms. The SMILES string of the molecule is CN1CC(=O)Nc2cc(C(=O)Nc3ccc(Oc4ccc(F)cc4)nc3)ccc21. The summed E-state index contributed by atoms with van der Waals surface area (Å²) in [6.45, 7) is 0.274.